The summed E-state index contributed by atoms with van der Waals surface area (Å²) < 4.78 is 5.67. The van der Waals surface area contributed by atoms with Gasteiger partial charge in [-0.05, 0) is 36.8 Å². The lowest BCUT2D eigenvalue weighted by molar-refractivity contribution is 0.480. The van der Waals surface area contributed by atoms with Gasteiger partial charge in [0.1, 0.15) is 11.5 Å². The first-order valence-electron chi connectivity index (χ1n) is 5.19. The quantitative estimate of drug-likeness (QED) is 0.854. The summed E-state index contributed by atoms with van der Waals surface area (Å²) in [7, 11) is 0. The number of aromatic nitrogens is 1. The molecule has 82 valence electrons. The highest BCUT2D eigenvalue weighted by Crippen LogP contribution is 2.23. The van der Waals surface area contributed by atoms with Gasteiger partial charge in [0.05, 0.1) is 0 Å². The Morgan fingerprint density at radius 1 is 1.12 bits per heavy atom. The molecular weight excluding hydrogens is 200 g/mol. The van der Waals surface area contributed by atoms with Gasteiger partial charge in [-0.15, -0.1) is 0 Å². The summed E-state index contributed by atoms with van der Waals surface area (Å²) in [4.78, 5) is 3.93. The van der Waals surface area contributed by atoms with Crippen LogP contribution in [0.5, 0.6) is 11.5 Å². The molecule has 3 nitrogen and oxygen atoms in total. The Kier molecular flexibility index (Phi) is 3.17. The minimum Gasteiger partial charge on any atom is -0.457 e. The van der Waals surface area contributed by atoms with E-state index >= 15 is 0 Å². The SMILES string of the molecule is C[C@H](N)c1cccc(Oc2ccncc2)c1. The average Bonchev–Trinajstić information content (AvgIpc) is 2.30. The lowest BCUT2D eigenvalue weighted by atomic mass is 10.1. The average molecular weight is 214 g/mol. The van der Waals surface area contributed by atoms with E-state index in [0.717, 1.165) is 17.1 Å². The van der Waals surface area contributed by atoms with Crippen LogP contribution in [0.2, 0.25) is 0 Å². The molecule has 0 fully saturated rings. The van der Waals surface area contributed by atoms with Crippen LogP contribution in [0.3, 0.4) is 0 Å². The van der Waals surface area contributed by atoms with Crippen LogP contribution in [-0.2, 0) is 0 Å². The Hall–Kier alpha value is -1.87. The summed E-state index contributed by atoms with van der Waals surface area (Å²) in [5.41, 5.74) is 6.87. The Bertz CT molecular complexity index is 454. The van der Waals surface area contributed by atoms with Gasteiger partial charge < -0.3 is 10.5 Å². The summed E-state index contributed by atoms with van der Waals surface area (Å²) in [6, 6.07) is 11.4. The van der Waals surface area contributed by atoms with Crippen molar-refractivity contribution >= 4 is 0 Å². The van der Waals surface area contributed by atoms with Gasteiger partial charge in [-0.1, -0.05) is 12.1 Å². The third kappa shape index (κ3) is 2.58. The third-order valence-electron chi connectivity index (χ3n) is 2.27. The van der Waals surface area contributed by atoms with Crippen LogP contribution in [0.15, 0.2) is 48.8 Å². The number of benzene rings is 1. The van der Waals surface area contributed by atoms with Gasteiger partial charge in [0.2, 0.25) is 0 Å². The van der Waals surface area contributed by atoms with Crippen molar-refractivity contribution in [3.05, 3.63) is 54.4 Å². The Labute approximate surface area is 94.9 Å². The zero-order chi connectivity index (χ0) is 11.4. The van der Waals surface area contributed by atoms with Crippen LogP contribution in [0.1, 0.15) is 18.5 Å². The Morgan fingerprint density at radius 3 is 2.56 bits per heavy atom. The second-order valence-corrected chi connectivity index (χ2v) is 3.65. The third-order valence-corrected chi connectivity index (χ3v) is 2.27. The number of nitrogens with zero attached hydrogens (tertiary/aromatic N) is 1. The van der Waals surface area contributed by atoms with E-state index in [-0.39, 0.29) is 6.04 Å². The second kappa shape index (κ2) is 4.77. The van der Waals surface area contributed by atoms with Crippen LogP contribution >= 0.6 is 0 Å². The molecule has 1 atom stereocenters. The maximum Gasteiger partial charge on any atom is 0.130 e. The lowest BCUT2D eigenvalue weighted by Gasteiger charge is -2.09. The molecule has 0 aliphatic carbocycles. The van der Waals surface area contributed by atoms with Gasteiger partial charge in [-0.25, -0.2) is 0 Å². The van der Waals surface area contributed by atoms with Gasteiger partial charge in [0.15, 0.2) is 0 Å². The molecule has 16 heavy (non-hydrogen) atoms. The number of hydrogen-bond acceptors (Lipinski definition) is 3. The standard InChI is InChI=1S/C13H14N2O/c1-10(14)11-3-2-4-13(9-11)16-12-5-7-15-8-6-12/h2-10H,14H2,1H3/t10-/m0/s1. The molecule has 0 aliphatic rings. The number of rotatable bonds is 3. The topological polar surface area (TPSA) is 48.1 Å². The van der Waals surface area contributed by atoms with E-state index < -0.39 is 0 Å². The molecule has 0 saturated carbocycles. The van der Waals surface area contributed by atoms with Gasteiger partial charge in [-0.2, -0.15) is 0 Å². The first kappa shape index (κ1) is 10.6. The van der Waals surface area contributed by atoms with Crippen molar-refractivity contribution in [2.24, 2.45) is 5.73 Å². The van der Waals surface area contributed by atoms with Crippen molar-refractivity contribution in [2.45, 2.75) is 13.0 Å². The van der Waals surface area contributed by atoms with Gasteiger partial charge in [0.25, 0.3) is 0 Å². The molecule has 0 radical (unpaired) electrons. The van der Waals surface area contributed by atoms with Crippen molar-refractivity contribution in [3.8, 4) is 11.5 Å². The fourth-order valence-electron chi connectivity index (χ4n) is 1.40. The minimum atomic E-state index is 0.0148. The van der Waals surface area contributed by atoms with Crippen LogP contribution < -0.4 is 10.5 Å². The smallest absolute Gasteiger partial charge is 0.130 e. The fourth-order valence-corrected chi connectivity index (χ4v) is 1.40. The molecule has 1 aromatic carbocycles. The number of nitrogens with two attached hydrogens (primary N) is 1. The van der Waals surface area contributed by atoms with Crippen molar-refractivity contribution in [3.63, 3.8) is 0 Å². The normalized spacial score (nSPS) is 12.1. The van der Waals surface area contributed by atoms with Crippen LogP contribution in [-0.4, -0.2) is 4.98 Å². The summed E-state index contributed by atoms with van der Waals surface area (Å²) >= 11 is 0. The lowest BCUT2D eigenvalue weighted by Crippen LogP contribution is -2.04. The molecule has 1 aromatic heterocycles. The molecule has 0 bridgehead atoms. The van der Waals surface area contributed by atoms with E-state index in [4.69, 9.17) is 10.5 Å². The zero-order valence-corrected chi connectivity index (χ0v) is 9.13. The Balaban J connectivity index is 2.19. The molecule has 2 aromatic rings. The number of ether oxygens (including phenoxy) is 1. The molecule has 2 N–H and O–H groups in total. The second-order valence-electron chi connectivity index (χ2n) is 3.65. The van der Waals surface area contributed by atoms with Crippen molar-refractivity contribution < 1.29 is 4.74 Å². The van der Waals surface area contributed by atoms with E-state index in [0.29, 0.717) is 0 Å². The van der Waals surface area contributed by atoms with Crippen LogP contribution in [0.4, 0.5) is 0 Å². The fraction of sp³-hybridized carbons (Fsp3) is 0.154. The summed E-state index contributed by atoms with van der Waals surface area (Å²) in [5.74, 6) is 1.57. The predicted molar refractivity (Wildman–Crippen MR) is 63.4 cm³/mol. The molecule has 0 spiro atoms. The molecule has 0 aliphatic heterocycles. The molecule has 3 heteroatoms. The highest BCUT2D eigenvalue weighted by Gasteiger charge is 2.01. The van der Waals surface area contributed by atoms with Crippen molar-refractivity contribution in [2.75, 3.05) is 0 Å². The molecule has 1 heterocycles. The van der Waals surface area contributed by atoms with E-state index in [9.17, 15) is 0 Å². The molecule has 0 amide bonds. The summed E-state index contributed by atoms with van der Waals surface area (Å²) in [6.07, 6.45) is 3.40. The predicted octanol–water partition coefficient (Wildman–Crippen LogP) is 2.89. The Morgan fingerprint density at radius 2 is 1.88 bits per heavy atom. The van der Waals surface area contributed by atoms with E-state index in [2.05, 4.69) is 4.98 Å². The number of hydrogen-bond donors (Lipinski definition) is 1. The van der Waals surface area contributed by atoms with Crippen LogP contribution in [0.25, 0.3) is 0 Å². The van der Waals surface area contributed by atoms with E-state index in [1.807, 2.05) is 43.3 Å². The maximum atomic E-state index is 5.81. The minimum absolute atomic E-state index is 0.0148. The summed E-state index contributed by atoms with van der Waals surface area (Å²) in [6.45, 7) is 1.95. The van der Waals surface area contributed by atoms with Gasteiger partial charge in [0, 0.05) is 18.4 Å². The number of pyridine rings is 1. The highest BCUT2D eigenvalue weighted by atomic mass is 16.5. The molecule has 0 unspecified atom stereocenters. The van der Waals surface area contributed by atoms with Crippen LogP contribution in [0, 0.1) is 0 Å². The maximum absolute atomic E-state index is 5.81. The first-order valence-corrected chi connectivity index (χ1v) is 5.19. The molecular formula is C13H14N2O. The monoisotopic (exact) mass is 214 g/mol. The molecule has 2 rings (SSSR count). The zero-order valence-electron chi connectivity index (χ0n) is 9.13. The van der Waals surface area contributed by atoms with Crippen molar-refractivity contribution in [1.29, 1.82) is 0 Å². The van der Waals surface area contributed by atoms with Crippen molar-refractivity contribution in [1.82, 2.24) is 4.98 Å². The van der Waals surface area contributed by atoms with E-state index in [1.165, 1.54) is 0 Å². The first-order chi connectivity index (χ1) is 7.75. The van der Waals surface area contributed by atoms with E-state index in [1.54, 1.807) is 12.4 Å². The van der Waals surface area contributed by atoms with Gasteiger partial charge in [-0.3, -0.25) is 4.98 Å². The highest BCUT2D eigenvalue weighted by molar-refractivity contribution is 5.34. The molecule has 0 saturated heterocycles. The summed E-state index contributed by atoms with van der Waals surface area (Å²) in [5, 5.41) is 0. The van der Waals surface area contributed by atoms with Gasteiger partial charge >= 0.3 is 0 Å². The largest absolute Gasteiger partial charge is 0.457 e.